The summed E-state index contributed by atoms with van der Waals surface area (Å²) in [6.45, 7) is 5.97. The average Bonchev–Trinajstić information content (AvgIpc) is 3.36. The van der Waals surface area contributed by atoms with Gasteiger partial charge in [-0.25, -0.2) is 14.5 Å². The third-order valence-electron chi connectivity index (χ3n) is 5.42. The van der Waals surface area contributed by atoms with E-state index < -0.39 is 12.1 Å². The van der Waals surface area contributed by atoms with E-state index in [4.69, 9.17) is 4.74 Å². The van der Waals surface area contributed by atoms with Crippen molar-refractivity contribution in [3.8, 4) is 5.69 Å². The van der Waals surface area contributed by atoms with Crippen molar-refractivity contribution < 1.29 is 14.3 Å². The van der Waals surface area contributed by atoms with E-state index in [9.17, 15) is 9.59 Å². The first-order valence-electron chi connectivity index (χ1n) is 10.7. The third-order valence-corrected chi connectivity index (χ3v) is 5.42. The summed E-state index contributed by atoms with van der Waals surface area (Å²) in [5.41, 5.74) is 2.71. The first-order chi connectivity index (χ1) is 15.5. The Labute approximate surface area is 188 Å². The molecule has 0 saturated carbocycles. The van der Waals surface area contributed by atoms with E-state index in [1.165, 1.54) is 6.33 Å². The Morgan fingerprint density at radius 3 is 2.38 bits per heavy atom. The lowest BCUT2D eigenvalue weighted by Crippen LogP contribution is -2.50. The Balaban J connectivity index is 1.59. The van der Waals surface area contributed by atoms with Crippen molar-refractivity contribution in [3.63, 3.8) is 0 Å². The molecule has 0 aliphatic rings. The Morgan fingerprint density at radius 1 is 1.03 bits per heavy atom. The number of carbonyl (C=O) groups is 2. The highest BCUT2D eigenvalue weighted by molar-refractivity contribution is 5.86. The molecule has 2 N–H and O–H groups in total. The maximum atomic E-state index is 13.0. The molecular formula is C24H29N5O3. The molecule has 3 unspecified atom stereocenters. The Hall–Kier alpha value is -3.68. The number of nitrogens with zero attached hydrogens (tertiary/aromatic N) is 3. The van der Waals surface area contributed by atoms with E-state index in [1.807, 2.05) is 75.4 Å². The van der Waals surface area contributed by atoms with E-state index in [-0.39, 0.29) is 24.5 Å². The van der Waals surface area contributed by atoms with Gasteiger partial charge in [-0.2, -0.15) is 5.10 Å². The van der Waals surface area contributed by atoms with Crippen LogP contribution >= 0.6 is 0 Å². The summed E-state index contributed by atoms with van der Waals surface area (Å²) >= 11 is 0. The van der Waals surface area contributed by atoms with Crippen LogP contribution in [0.5, 0.6) is 0 Å². The monoisotopic (exact) mass is 435 g/mol. The lowest BCUT2D eigenvalue weighted by molar-refractivity contribution is -0.124. The third kappa shape index (κ3) is 6.16. The van der Waals surface area contributed by atoms with Gasteiger partial charge in [-0.3, -0.25) is 4.79 Å². The number of aromatic nitrogens is 3. The van der Waals surface area contributed by atoms with Gasteiger partial charge in [-0.15, -0.1) is 0 Å². The number of amides is 2. The van der Waals surface area contributed by atoms with Crippen LogP contribution in [0, 0.1) is 5.92 Å². The smallest absolute Gasteiger partial charge is 0.408 e. The van der Waals surface area contributed by atoms with Crippen LogP contribution in [0.4, 0.5) is 4.79 Å². The second-order valence-corrected chi connectivity index (χ2v) is 7.73. The zero-order valence-corrected chi connectivity index (χ0v) is 18.6. The van der Waals surface area contributed by atoms with Crippen molar-refractivity contribution in [2.45, 2.75) is 45.9 Å². The van der Waals surface area contributed by atoms with E-state index in [0.717, 1.165) is 23.2 Å². The normalized spacial score (nSPS) is 13.6. The molecule has 1 aromatic heterocycles. The second kappa shape index (κ2) is 11.1. The topological polar surface area (TPSA) is 98.1 Å². The minimum absolute atomic E-state index is 0.0545. The average molecular weight is 436 g/mol. The van der Waals surface area contributed by atoms with Gasteiger partial charge in [0.1, 0.15) is 25.3 Å². The molecule has 0 spiro atoms. The Morgan fingerprint density at radius 2 is 1.75 bits per heavy atom. The maximum Gasteiger partial charge on any atom is 0.408 e. The van der Waals surface area contributed by atoms with Crippen LogP contribution in [0.3, 0.4) is 0 Å². The molecule has 32 heavy (non-hydrogen) atoms. The Kier molecular flexibility index (Phi) is 7.96. The molecule has 1 heterocycles. The molecule has 0 aliphatic carbocycles. The van der Waals surface area contributed by atoms with Crippen LogP contribution in [-0.2, 0) is 16.1 Å². The molecule has 0 saturated heterocycles. The van der Waals surface area contributed by atoms with Crippen molar-refractivity contribution in [2.24, 2.45) is 5.92 Å². The number of hydrogen-bond donors (Lipinski definition) is 2. The van der Waals surface area contributed by atoms with Crippen LogP contribution in [-0.4, -0.2) is 32.8 Å². The summed E-state index contributed by atoms with van der Waals surface area (Å²) < 4.78 is 6.96. The van der Waals surface area contributed by atoms with Crippen molar-refractivity contribution in [1.82, 2.24) is 25.4 Å². The highest BCUT2D eigenvalue weighted by Gasteiger charge is 2.27. The van der Waals surface area contributed by atoms with Gasteiger partial charge in [0.25, 0.3) is 0 Å². The predicted octanol–water partition coefficient (Wildman–Crippen LogP) is 3.79. The summed E-state index contributed by atoms with van der Waals surface area (Å²) in [5.74, 6) is -0.301. The molecule has 2 aromatic carbocycles. The summed E-state index contributed by atoms with van der Waals surface area (Å²) in [6.07, 6.45) is 3.22. The minimum atomic E-state index is -0.694. The molecule has 8 heteroatoms. The summed E-state index contributed by atoms with van der Waals surface area (Å²) in [4.78, 5) is 29.3. The molecule has 168 valence electrons. The van der Waals surface area contributed by atoms with Gasteiger partial charge in [0, 0.05) is 0 Å². The lowest BCUT2D eigenvalue weighted by Gasteiger charge is -2.25. The van der Waals surface area contributed by atoms with E-state index >= 15 is 0 Å². The van der Waals surface area contributed by atoms with Gasteiger partial charge in [0.2, 0.25) is 5.91 Å². The highest BCUT2D eigenvalue weighted by atomic mass is 16.5. The molecule has 3 rings (SSSR count). The summed E-state index contributed by atoms with van der Waals surface area (Å²) in [7, 11) is 0. The van der Waals surface area contributed by atoms with Gasteiger partial charge in [0.15, 0.2) is 0 Å². The van der Waals surface area contributed by atoms with Crippen molar-refractivity contribution in [1.29, 1.82) is 0 Å². The van der Waals surface area contributed by atoms with Crippen LogP contribution < -0.4 is 10.6 Å². The zero-order chi connectivity index (χ0) is 22.9. The number of alkyl carbamates (subject to hydrolysis) is 1. The lowest BCUT2D eigenvalue weighted by atomic mass is 9.97. The molecule has 0 bridgehead atoms. The standard InChI is InChI=1S/C24H29N5O3/c1-4-17(2)22(28-24(31)32-14-19-8-6-5-7-9-19)23(30)27-18(3)20-10-12-21(13-11-20)29-16-25-15-26-29/h5-13,15-18,22H,4,14H2,1-3H3,(H,27,30)(H,28,31). The van der Waals surface area contributed by atoms with Gasteiger partial charge in [-0.05, 0) is 36.1 Å². The fourth-order valence-electron chi connectivity index (χ4n) is 3.24. The number of hydrogen-bond acceptors (Lipinski definition) is 5. The molecule has 2 amide bonds. The van der Waals surface area contributed by atoms with Crippen LogP contribution in [0.2, 0.25) is 0 Å². The van der Waals surface area contributed by atoms with Gasteiger partial charge in [0.05, 0.1) is 11.7 Å². The number of carbonyl (C=O) groups excluding carboxylic acids is 2. The highest BCUT2D eigenvalue weighted by Crippen LogP contribution is 2.17. The first-order valence-corrected chi connectivity index (χ1v) is 10.7. The Bertz CT molecular complexity index is 990. The predicted molar refractivity (Wildman–Crippen MR) is 121 cm³/mol. The van der Waals surface area contributed by atoms with Crippen LogP contribution in [0.15, 0.2) is 67.3 Å². The SMILES string of the molecule is CCC(C)C(NC(=O)OCc1ccccc1)C(=O)NC(C)c1ccc(-n2cncn2)cc1. The van der Waals surface area contributed by atoms with Crippen LogP contribution in [0.25, 0.3) is 5.69 Å². The van der Waals surface area contributed by atoms with Crippen molar-refractivity contribution in [3.05, 3.63) is 78.4 Å². The molecule has 0 aliphatic heterocycles. The van der Waals surface area contributed by atoms with E-state index in [0.29, 0.717) is 0 Å². The number of nitrogens with one attached hydrogen (secondary N) is 2. The largest absolute Gasteiger partial charge is 0.445 e. The summed E-state index contributed by atoms with van der Waals surface area (Å²) in [6, 6.07) is 16.2. The number of ether oxygens (including phenoxy) is 1. The zero-order valence-electron chi connectivity index (χ0n) is 18.6. The molecule has 0 fully saturated rings. The van der Waals surface area contributed by atoms with Crippen LogP contribution in [0.1, 0.15) is 44.4 Å². The maximum absolute atomic E-state index is 13.0. The molecular weight excluding hydrogens is 406 g/mol. The fraction of sp³-hybridized carbons (Fsp3) is 0.333. The second-order valence-electron chi connectivity index (χ2n) is 7.73. The van der Waals surface area contributed by atoms with Crippen molar-refractivity contribution >= 4 is 12.0 Å². The molecule has 0 radical (unpaired) electrons. The van der Waals surface area contributed by atoms with Crippen molar-refractivity contribution in [2.75, 3.05) is 0 Å². The van der Waals surface area contributed by atoms with Gasteiger partial charge < -0.3 is 15.4 Å². The quantitative estimate of drug-likeness (QED) is 0.533. The van der Waals surface area contributed by atoms with Gasteiger partial charge in [-0.1, -0.05) is 62.7 Å². The number of rotatable bonds is 9. The molecule has 3 aromatic rings. The molecule has 8 nitrogen and oxygen atoms in total. The van der Waals surface area contributed by atoms with E-state index in [1.54, 1.807) is 11.0 Å². The fourth-order valence-corrected chi connectivity index (χ4v) is 3.24. The van der Waals surface area contributed by atoms with Gasteiger partial charge >= 0.3 is 6.09 Å². The molecule has 3 atom stereocenters. The minimum Gasteiger partial charge on any atom is -0.445 e. The first kappa shape index (κ1) is 23.0. The van der Waals surface area contributed by atoms with E-state index in [2.05, 4.69) is 20.7 Å². The number of benzene rings is 2. The summed E-state index contributed by atoms with van der Waals surface area (Å²) in [5, 5.41) is 9.84.